The third-order valence-corrected chi connectivity index (χ3v) is 7.71. The molecule has 0 aliphatic carbocycles. The SMILES string of the molecule is CCC(CC)(c1ccc(/C=C/C(O)(C(F)F)C(F)(F)F)c(C)c1)c1ccc(-c2cccc(CC(=O)O)c2)c(C)c1. The lowest BCUT2D eigenvalue weighted by Crippen LogP contribution is -2.49. The van der Waals surface area contributed by atoms with E-state index >= 15 is 0 Å². The van der Waals surface area contributed by atoms with Gasteiger partial charge in [-0.05, 0) is 77.3 Å². The summed E-state index contributed by atoms with van der Waals surface area (Å²) in [7, 11) is 0. The Balaban J connectivity index is 2.01. The number of benzene rings is 3. The molecule has 0 aliphatic rings. The molecule has 0 saturated heterocycles. The zero-order valence-corrected chi connectivity index (χ0v) is 22.8. The summed E-state index contributed by atoms with van der Waals surface area (Å²) in [6.07, 6.45) is -7.17. The summed E-state index contributed by atoms with van der Waals surface area (Å²) >= 11 is 0. The topological polar surface area (TPSA) is 57.5 Å². The van der Waals surface area contributed by atoms with Crippen molar-refractivity contribution >= 4 is 12.0 Å². The predicted octanol–water partition coefficient (Wildman–Crippen LogP) is 8.28. The number of carboxylic acids is 1. The van der Waals surface area contributed by atoms with Crippen molar-refractivity contribution in [2.45, 2.75) is 70.6 Å². The van der Waals surface area contributed by atoms with Crippen molar-refractivity contribution in [3.05, 3.63) is 100 Å². The number of hydrogen-bond donors (Lipinski definition) is 2. The van der Waals surface area contributed by atoms with Crippen molar-refractivity contribution in [1.29, 1.82) is 0 Å². The van der Waals surface area contributed by atoms with Crippen molar-refractivity contribution in [2.24, 2.45) is 0 Å². The van der Waals surface area contributed by atoms with Gasteiger partial charge in [-0.15, -0.1) is 0 Å². The molecule has 8 heteroatoms. The molecule has 0 amide bonds. The van der Waals surface area contributed by atoms with Gasteiger partial charge in [0.1, 0.15) is 0 Å². The quantitative estimate of drug-likeness (QED) is 0.245. The van der Waals surface area contributed by atoms with Crippen LogP contribution in [0, 0.1) is 13.8 Å². The Morgan fingerprint density at radius 1 is 0.900 bits per heavy atom. The fourth-order valence-electron chi connectivity index (χ4n) is 5.21. The van der Waals surface area contributed by atoms with Gasteiger partial charge < -0.3 is 10.2 Å². The maximum Gasteiger partial charge on any atom is 0.426 e. The smallest absolute Gasteiger partial charge is 0.426 e. The fourth-order valence-corrected chi connectivity index (χ4v) is 5.21. The molecule has 214 valence electrons. The highest BCUT2D eigenvalue weighted by Crippen LogP contribution is 2.42. The van der Waals surface area contributed by atoms with Crippen LogP contribution in [0.5, 0.6) is 0 Å². The van der Waals surface area contributed by atoms with Gasteiger partial charge in [0.15, 0.2) is 0 Å². The van der Waals surface area contributed by atoms with Crippen LogP contribution in [0.1, 0.15) is 60.1 Å². The molecule has 0 heterocycles. The van der Waals surface area contributed by atoms with E-state index in [-0.39, 0.29) is 12.5 Å². The van der Waals surface area contributed by atoms with Gasteiger partial charge in [-0.1, -0.05) is 80.6 Å². The Bertz CT molecular complexity index is 1390. The van der Waals surface area contributed by atoms with Gasteiger partial charge >= 0.3 is 12.1 Å². The molecular weight excluding hydrogens is 527 g/mol. The summed E-state index contributed by atoms with van der Waals surface area (Å²) in [6.45, 7) is 7.78. The van der Waals surface area contributed by atoms with E-state index in [0.717, 1.165) is 46.7 Å². The average Bonchev–Trinajstić information content (AvgIpc) is 2.88. The average molecular weight is 561 g/mol. The van der Waals surface area contributed by atoms with E-state index in [1.54, 1.807) is 25.1 Å². The first kappa shape index (κ1) is 31.0. The number of hydrogen-bond acceptors (Lipinski definition) is 2. The highest BCUT2D eigenvalue weighted by molar-refractivity contribution is 5.73. The predicted molar refractivity (Wildman–Crippen MR) is 147 cm³/mol. The monoisotopic (exact) mass is 560 g/mol. The summed E-state index contributed by atoms with van der Waals surface area (Å²) in [6, 6.07) is 18.8. The minimum atomic E-state index is -5.52. The Hall–Kier alpha value is -3.52. The van der Waals surface area contributed by atoms with Crippen LogP contribution in [-0.4, -0.2) is 34.4 Å². The van der Waals surface area contributed by atoms with Crippen LogP contribution in [0.3, 0.4) is 0 Å². The molecule has 40 heavy (non-hydrogen) atoms. The van der Waals surface area contributed by atoms with E-state index in [0.29, 0.717) is 16.7 Å². The molecule has 0 saturated carbocycles. The Morgan fingerprint density at radius 2 is 1.50 bits per heavy atom. The minimum Gasteiger partial charge on any atom is -0.481 e. The molecule has 0 bridgehead atoms. The van der Waals surface area contributed by atoms with E-state index in [9.17, 15) is 31.9 Å². The Morgan fingerprint density at radius 3 is 2.00 bits per heavy atom. The van der Waals surface area contributed by atoms with Crippen LogP contribution >= 0.6 is 0 Å². The van der Waals surface area contributed by atoms with E-state index in [1.165, 1.54) is 0 Å². The Labute approximate surface area is 231 Å². The molecule has 0 spiro atoms. The first-order valence-electron chi connectivity index (χ1n) is 13.0. The largest absolute Gasteiger partial charge is 0.481 e. The van der Waals surface area contributed by atoms with Crippen molar-refractivity contribution in [3.63, 3.8) is 0 Å². The van der Waals surface area contributed by atoms with E-state index in [4.69, 9.17) is 5.11 Å². The maximum atomic E-state index is 13.1. The molecule has 3 aromatic carbocycles. The number of rotatable bonds is 10. The third kappa shape index (κ3) is 6.12. The second kappa shape index (κ2) is 11.9. The summed E-state index contributed by atoms with van der Waals surface area (Å²) < 4.78 is 65.4. The highest BCUT2D eigenvalue weighted by Gasteiger charge is 2.58. The molecule has 3 nitrogen and oxygen atoms in total. The van der Waals surface area contributed by atoms with Crippen molar-refractivity contribution < 1.29 is 37.0 Å². The second-order valence-corrected chi connectivity index (χ2v) is 10.1. The van der Waals surface area contributed by atoms with Gasteiger partial charge in [0.2, 0.25) is 5.60 Å². The molecule has 0 aromatic heterocycles. The molecule has 2 N–H and O–H groups in total. The molecule has 3 rings (SSSR count). The normalized spacial score (nSPS) is 14.1. The van der Waals surface area contributed by atoms with E-state index in [2.05, 4.69) is 19.9 Å². The van der Waals surface area contributed by atoms with Gasteiger partial charge in [-0.2, -0.15) is 13.2 Å². The molecule has 0 radical (unpaired) electrons. The lowest BCUT2D eigenvalue weighted by atomic mass is 9.69. The van der Waals surface area contributed by atoms with Gasteiger partial charge in [0.25, 0.3) is 6.43 Å². The van der Waals surface area contributed by atoms with Gasteiger partial charge in [-0.3, -0.25) is 4.79 Å². The minimum absolute atomic E-state index is 0.0675. The highest BCUT2D eigenvalue weighted by atomic mass is 19.4. The number of alkyl halides is 5. The third-order valence-electron chi connectivity index (χ3n) is 7.71. The van der Waals surface area contributed by atoms with Crippen LogP contribution in [0.4, 0.5) is 22.0 Å². The number of halogens is 5. The number of aryl methyl sites for hydroxylation is 2. The molecule has 0 aliphatic heterocycles. The second-order valence-electron chi connectivity index (χ2n) is 10.1. The summed E-state index contributed by atoms with van der Waals surface area (Å²) in [5.74, 6) is -0.901. The summed E-state index contributed by atoms with van der Waals surface area (Å²) in [5, 5.41) is 18.7. The van der Waals surface area contributed by atoms with Crippen LogP contribution in [0.25, 0.3) is 17.2 Å². The number of aliphatic carboxylic acids is 1. The number of aliphatic hydroxyl groups is 1. The molecule has 1 unspecified atom stereocenters. The van der Waals surface area contributed by atoms with Crippen molar-refractivity contribution in [3.8, 4) is 11.1 Å². The van der Waals surface area contributed by atoms with Crippen LogP contribution < -0.4 is 0 Å². The first-order chi connectivity index (χ1) is 18.7. The van der Waals surface area contributed by atoms with E-state index < -0.39 is 29.6 Å². The van der Waals surface area contributed by atoms with Gasteiger partial charge in [0.05, 0.1) is 6.42 Å². The van der Waals surface area contributed by atoms with Gasteiger partial charge in [0, 0.05) is 5.41 Å². The molecule has 3 aromatic rings. The standard InChI is InChI=1S/C32H33F5O3/c1-5-30(6-2,25-11-10-23(20(3)16-25)14-15-31(40,29(33)34)32(35,36)37)26-12-13-27(21(4)17-26)24-9-7-8-22(18-24)19-28(38)39/h7-18,29,40H,5-6,19H2,1-4H3,(H,38,39)/b15-14+. The number of carboxylic acid groups (broad SMARTS) is 1. The summed E-state index contributed by atoms with van der Waals surface area (Å²) in [4.78, 5) is 11.1. The van der Waals surface area contributed by atoms with Crippen molar-refractivity contribution in [1.82, 2.24) is 0 Å². The molecule has 1 atom stereocenters. The summed E-state index contributed by atoms with van der Waals surface area (Å²) in [5.41, 5.74) is 1.81. The van der Waals surface area contributed by atoms with E-state index in [1.807, 2.05) is 43.3 Å². The first-order valence-corrected chi connectivity index (χ1v) is 13.0. The van der Waals surface area contributed by atoms with Crippen LogP contribution in [0.15, 0.2) is 66.7 Å². The molecular formula is C32H33F5O3. The van der Waals surface area contributed by atoms with Crippen LogP contribution in [0.2, 0.25) is 0 Å². The maximum absolute atomic E-state index is 13.1. The van der Waals surface area contributed by atoms with Gasteiger partial charge in [-0.25, -0.2) is 8.78 Å². The van der Waals surface area contributed by atoms with Crippen molar-refractivity contribution in [2.75, 3.05) is 0 Å². The number of carbonyl (C=O) groups is 1. The lowest BCUT2D eigenvalue weighted by molar-refractivity contribution is -0.276. The molecule has 0 fully saturated rings. The van der Waals surface area contributed by atoms with Crippen LogP contribution in [-0.2, 0) is 16.6 Å². The zero-order chi connectivity index (χ0) is 29.9. The fraction of sp³-hybridized carbons (Fsp3) is 0.344. The lowest BCUT2D eigenvalue weighted by Gasteiger charge is -2.34. The zero-order valence-electron chi connectivity index (χ0n) is 22.8. The Kier molecular flexibility index (Phi) is 9.24.